The highest BCUT2D eigenvalue weighted by Gasteiger charge is 2.23. The molecule has 4 nitrogen and oxygen atoms in total. The summed E-state index contributed by atoms with van der Waals surface area (Å²) in [4.78, 5) is 6.89. The number of hydrogen-bond donors (Lipinski definition) is 1. The van der Waals surface area contributed by atoms with Crippen molar-refractivity contribution in [3.63, 3.8) is 0 Å². The fourth-order valence-corrected chi connectivity index (χ4v) is 2.42. The standard InChI is InChI=1S/C14H25N3O/c1-10(2)15-7-13-5-6-17(8-13)9-14-16-11(3)12(4)18-14/h10,13,15H,5-9H2,1-4H3. The SMILES string of the molecule is Cc1nc(CN2CCC(CNC(C)C)C2)oc1C. The molecule has 2 heterocycles. The molecule has 4 heteroatoms. The molecule has 1 aromatic heterocycles. The maximum atomic E-state index is 5.64. The monoisotopic (exact) mass is 251 g/mol. The number of oxazole rings is 1. The molecule has 1 N–H and O–H groups in total. The second-order valence-electron chi connectivity index (χ2n) is 5.70. The number of likely N-dealkylation sites (tertiary alicyclic amines) is 1. The molecule has 1 aromatic rings. The lowest BCUT2D eigenvalue weighted by molar-refractivity contribution is 0.276. The summed E-state index contributed by atoms with van der Waals surface area (Å²) in [7, 11) is 0. The Morgan fingerprint density at radius 3 is 2.83 bits per heavy atom. The Kier molecular flexibility index (Phi) is 4.40. The van der Waals surface area contributed by atoms with E-state index in [2.05, 4.69) is 29.0 Å². The average Bonchev–Trinajstić information content (AvgIpc) is 2.85. The summed E-state index contributed by atoms with van der Waals surface area (Å²) in [5.74, 6) is 2.58. The van der Waals surface area contributed by atoms with Crippen LogP contribution in [0.5, 0.6) is 0 Å². The first-order valence-electron chi connectivity index (χ1n) is 6.93. The molecule has 1 saturated heterocycles. The van der Waals surface area contributed by atoms with Crippen LogP contribution in [0.25, 0.3) is 0 Å². The molecule has 0 aromatic carbocycles. The second kappa shape index (κ2) is 5.85. The highest BCUT2D eigenvalue weighted by molar-refractivity contribution is 5.05. The molecular formula is C14H25N3O. The van der Waals surface area contributed by atoms with E-state index >= 15 is 0 Å². The first-order valence-corrected chi connectivity index (χ1v) is 6.93. The van der Waals surface area contributed by atoms with Crippen LogP contribution in [0.3, 0.4) is 0 Å². The second-order valence-corrected chi connectivity index (χ2v) is 5.70. The predicted octanol–water partition coefficient (Wildman–Crippen LogP) is 2.11. The molecular weight excluding hydrogens is 226 g/mol. The predicted molar refractivity (Wildman–Crippen MR) is 72.5 cm³/mol. The van der Waals surface area contributed by atoms with E-state index in [9.17, 15) is 0 Å². The normalized spacial score (nSPS) is 21.1. The number of rotatable bonds is 5. The summed E-state index contributed by atoms with van der Waals surface area (Å²) in [6.45, 7) is 12.7. The molecule has 0 amide bonds. The molecule has 1 aliphatic heterocycles. The maximum absolute atomic E-state index is 5.64. The Balaban J connectivity index is 1.79. The molecule has 0 spiro atoms. The molecule has 1 unspecified atom stereocenters. The van der Waals surface area contributed by atoms with Crippen LogP contribution >= 0.6 is 0 Å². The third-order valence-electron chi connectivity index (χ3n) is 3.62. The van der Waals surface area contributed by atoms with Gasteiger partial charge in [0.05, 0.1) is 12.2 Å². The van der Waals surface area contributed by atoms with Crippen molar-refractivity contribution in [1.82, 2.24) is 15.2 Å². The maximum Gasteiger partial charge on any atom is 0.208 e. The van der Waals surface area contributed by atoms with Crippen LogP contribution < -0.4 is 5.32 Å². The van der Waals surface area contributed by atoms with Crippen LogP contribution in [0.2, 0.25) is 0 Å². The van der Waals surface area contributed by atoms with E-state index in [1.807, 2.05) is 13.8 Å². The molecule has 1 atom stereocenters. The molecule has 2 rings (SSSR count). The summed E-state index contributed by atoms with van der Waals surface area (Å²) in [5.41, 5.74) is 1.02. The molecule has 0 radical (unpaired) electrons. The van der Waals surface area contributed by atoms with Gasteiger partial charge < -0.3 is 9.73 Å². The third-order valence-corrected chi connectivity index (χ3v) is 3.62. The minimum Gasteiger partial charge on any atom is -0.444 e. The molecule has 0 bridgehead atoms. The Bertz CT molecular complexity index is 367. The minimum atomic E-state index is 0.580. The Morgan fingerprint density at radius 1 is 1.44 bits per heavy atom. The van der Waals surface area contributed by atoms with Gasteiger partial charge in [-0.25, -0.2) is 4.98 Å². The fraction of sp³-hybridized carbons (Fsp3) is 0.786. The van der Waals surface area contributed by atoms with Crippen molar-refractivity contribution in [2.45, 2.75) is 46.7 Å². The fourth-order valence-electron chi connectivity index (χ4n) is 2.42. The van der Waals surface area contributed by atoms with Crippen molar-refractivity contribution in [2.75, 3.05) is 19.6 Å². The zero-order valence-electron chi connectivity index (χ0n) is 12.0. The van der Waals surface area contributed by atoms with Gasteiger partial charge >= 0.3 is 0 Å². The Morgan fingerprint density at radius 2 is 2.22 bits per heavy atom. The van der Waals surface area contributed by atoms with Crippen LogP contribution in [-0.2, 0) is 6.54 Å². The van der Waals surface area contributed by atoms with Crippen molar-refractivity contribution >= 4 is 0 Å². The van der Waals surface area contributed by atoms with Crippen LogP contribution in [-0.4, -0.2) is 35.6 Å². The lowest BCUT2D eigenvalue weighted by Crippen LogP contribution is -2.30. The van der Waals surface area contributed by atoms with Crippen molar-refractivity contribution < 1.29 is 4.42 Å². The lowest BCUT2D eigenvalue weighted by Gasteiger charge is -2.15. The number of nitrogens with zero attached hydrogens (tertiary/aromatic N) is 2. The number of hydrogen-bond acceptors (Lipinski definition) is 4. The van der Waals surface area contributed by atoms with Crippen LogP contribution in [0.15, 0.2) is 4.42 Å². The van der Waals surface area contributed by atoms with Gasteiger partial charge in [-0.2, -0.15) is 0 Å². The molecule has 18 heavy (non-hydrogen) atoms. The van der Waals surface area contributed by atoms with Gasteiger partial charge in [-0.1, -0.05) is 13.8 Å². The molecule has 0 aliphatic carbocycles. The molecule has 102 valence electrons. The molecule has 1 fully saturated rings. The van der Waals surface area contributed by atoms with Gasteiger partial charge in [0.1, 0.15) is 5.76 Å². The van der Waals surface area contributed by atoms with E-state index in [0.29, 0.717) is 6.04 Å². The Labute approximate surface area is 110 Å². The van der Waals surface area contributed by atoms with Crippen LogP contribution in [0.4, 0.5) is 0 Å². The summed E-state index contributed by atoms with van der Waals surface area (Å²) in [6.07, 6.45) is 1.28. The molecule has 0 saturated carbocycles. The van der Waals surface area contributed by atoms with Crippen LogP contribution in [0, 0.1) is 19.8 Å². The van der Waals surface area contributed by atoms with Gasteiger partial charge in [0, 0.05) is 12.6 Å². The summed E-state index contributed by atoms with van der Waals surface area (Å²) >= 11 is 0. The largest absolute Gasteiger partial charge is 0.444 e. The zero-order chi connectivity index (χ0) is 13.1. The number of aryl methyl sites for hydroxylation is 2. The zero-order valence-corrected chi connectivity index (χ0v) is 12.0. The Hall–Kier alpha value is -0.870. The lowest BCUT2D eigenvalue weighted by atomic mass is 10.1. The van der Waals surface area contributed by atoms with E-state index in [1.54, 1.807) is 0 Å². The number of aromatic nitrogens is 1. The third kappa shape index (κ3) is 3.56. The van der Waals surface area contributed by atoms with E-state index in [-0.39, 0.29) is 0 Å². The summed E-state index contributed by atoms with van der Waals surface area (Å²) in [5, 5.41) is 3.52. The summed E-state index contributed by atoms with van der Waals surface area (Å²) in [6, 6.07) is 0.580. The van der Waals surface area contributed by atoms with E-state index in [4.69, 9.17) is 4.42 Å². The summed E-state index contributed by atoms with van der Waals surface area (Å²) < 4.78 is 5.64. The van der Waals surface area contributed by atoms with Crippen molar-refractivity contribution in [1.29, 1.82) is 0 Å². The van der Waals surface area contributed by atoms with Crippen molar-refractivity contribution in [3.05, 3.63) is 17.3 Å². The van der Waals surface area contributed by atoms with Gasteiger partial charge in [-0.15, -0.1) is 0 Å². The van der Waals surface area contributed by atoms with E-state index in [1.165, 1.54) is 6.42 Å². The average molecular weight is 251 g/mol. The quantitative estimate of drug-likeness (QED) is 0.870. The first kappa shape index (κ1) is 13.6. The highest BCUT2D eigenvalue weighted by Crippen LogP contribution is 2.19. The van der Waals surface area contributed by atoms with Gasteiger partial charge in [0.2, 0.25) is 5.89 Å². The van der Waals surface area contributed by atoms with Gasteiger partial charge in [-0.3, -0.25) is 4.90 Å². The van der Waals surface area contributed by atoms with E-state index in [0.717, 1.165) is 49.4 Å². The van der Waals surface area contributed by atoms with Gasteiger partial charge in [0.25, 0.3) is 0 Å². The topological polar surface area (TPSA) is 41.3 Å². The smallest absolute Gasteiger partial charge is 0.208 e. The van der Waals surface area contributed by atoms with Crippen molar-refractivity contribution in [2.24, 2.45) is 5.92 Å². The molecule has 1 aliphatic rings. The van der Waals surface area contributed by atoms with Gasteiger partial charge in [-0.05, 0) is 39.3 Å². The highest BCUT2D eigenvalue weighted by atomic mass is 16.4. The van der Waals surface area contributed by atoms with Crippen LogP contribution in [0.1, 0.15) is 37.6 Å². The van der Waals surface area contributed by atoms with Gasteiger partial charge in [0.15, 0.2) is 0 Å². The van der Waals surface area contributed by atoms with Crippen molar-refractivity contribution in [3.8, 4) is 0 Å². The van der Waals surface area contributed by atoms with E-state index < -0.39 is 0 Å². The first-order chi connectivity index (χ1) is 8.54. The minimum absolute atomic E-state index is 0.580. The number of nitrogens with one attached hydrogen (secondary N) is 1.